The van der Waals surface area contributed by atoms with E-state index in [-0.39, 0.29) is 12.0 Å². The first-order valence-corrected chi connectivity index (χ1v) is 9.21. The van der Waals surface area contributed by atoms with Crippen molar-refractivity contribution in [2.45, 2.75) is 38.3 Å². The van der Waals surface area contributed by atoms with Crippen LogP contribution in [0.15, 0.2) is 42.6 Å². The van der Waals surface area contributed by atoms with Crippen molar-refractivity contribution < 1.29 is 9.53 Å². The van der Waals surface area contributed by atoms with Crippen LogP contribution in [0.3, 0.4) is 0 Å². The van der Waals surface area contributed by atoms with Crippen LogP contribution in [0.4, 0.5) is 0 Å². The lowest BCUT2D eigenvalue weighted by Crippen LogP contribution is -2.31. The molecule has 1 fully saturated rings. The minimum atomic E-state index is -0.0981. The average Bonchev–Trinajstić information content (AvgIpc) is 3.16. The van der Waals surface area contributed by atoms with Crippen LogP contribution in [0.25, 0.3) is 6.08 Å². The molecule has 6 heteroatoms. The molecule has 1 aromatic heterocycles. The van der Waals surface area contributed by atoms with E-state index in [0.717, 1.165) is 31.4 Å². The standard InChI is InChI=1S/C20H26N4O2/c1-23(14-12-18-11-5-6-15-26-18)20(25)19-16-24(22-21-19)13-7-10-17-8-3-2-4-9-17/h2-4,7-10,16,18H,5-6,11-15H2,1H3/b10-7+. The Bertz CT molecular complexity index is 720. The van der Waals surface area contributed by atoms with Gasteiger partial charge in [-0.05, 0) is 31.2 Å². The second-order valence-electron chi connectivity index (χ2n) is 6.64. The van der Waals surface area contributed by atoms with E-state index >= 15 is 0 Å². The van der Waals surface area contributed by atoms with Gasteiger partial charge in [-0.25, -0.2) is 4.68 Å². The van der Waals surface area contributed by atoms with E-state index in [1.165, 1.54) is 6.42 Å². The van der Waals surface area contributed by atoms with Crippen LogP contribution < -0.4 is 0 Å². The molecule has 0 aliphatic carbocycles. The zero-order valence-electron chi connectivity index (χ0n) is 15.3. The third-order valence-electron chi connectivity index (χ3n) is 4.57. The van der Waals surface area contributed by atoms with E-state index in [1.54, 1.807) is 22.8 Å². The van der Waals surface area contributed by atoms with Gasteiger partial charge in [0.05, 0.1) is 18.8 Å². The molecule has 1 aliphatic rings. The number of benzene rings is 1. The average molecular weight is 354 g/mol. The number of hydrogen-bond acceptors (Lipinski definition) is 4. The number of allylic oxidation sites excluding steroid dienone is 1. The van der Waals surface area contributed by atoms with E-state index in [1.807, 2.05) is 42.5 Å². The van der Waals surface area contributed by atoms with Gasteiger partial charge in [-0.2, -0.15) is 0 Å². The molecule has 3 rings (SSSR count). The third-order valence-corrected chi connectivity index (χ3v) is 4.57. The van der Waals surface area contributed by atoms with Gasteiger partial charge in [0.25, 0.3) is 5.91 Å². The Labute approximate surface area is 154 Å². The molecule has 6 nitrogen and oxygen atoms in total. The Balaban J connectivity index is 1.48. The van der Waals surface area contributed by atoms with Crippen LogP contribution in [0.2, 0.25) is 0 Å². The first-order valence-electron chi connectivity index (χ1n) is 9.21. The van der Waals surface area contributed by atoms with Crippen molar-refractivity contribution in [2.24, 2.45) is 0 Å². The summed E-state index contributed by atoms with van der Waals surface area (Å²) < 4.78 is 7.39. The summed E-state index contributed by atoms with van der Waals surface area (Å²) in [6.45, 7) is 2.09. The second kappa shape index (κ2) is 9.29. The molecule has 1 saturated heterocycles. The molecule has 26 heavy (non-hydrogen) atoms. The van der Waals surface area contributed by atoms with Crippen LogP contribution in [0, 0.1) is 0 Å². The number of ether oxygens (including phenoxy) is 1. The maximum Gasteiger partial charge on any atom is 0.275 e. The summed E-state index contributed by atoms with van der Waals surface area (Å²) in [4.78, 5) is 14.2. The predicted octanol–water partition coefficient (Wildman–Crippen LogP) is 3.02. The van der Waals surface area contributed by atoms with Crippen molar-refractivity contribution in [3.05, 3.63) is 53.9 Å². The summed E-state index contributed by atoms with van der Waals surface area (Å²) in [6.07, 6.45) is 10.3. The van der Waals surface area contributed by atoms with Gasteiger partial charge in [0, 0.05) is 20.2 Å². The zero-order chi connectivity index (χ0) is 18.2. The molecule has 2 heterocycles. The highest BCUT2D eigenvalue weighted by molar-refractivity contribution is 5.91. The van der Waals surface area contributed by atoms with Crippen molar-refractivity contribution >= 4 is 12.0 Å². The highest BCUT2D eigenvalue weighted by atomic mass is 16.5. The number of nitrogens with zero attached hydrogens (tertiary/aromatic N) is 4. The van der Waals surface area contributed by atoms with Gasteiger partial charge in [0.15, 0.2) is 5.69 Å². The number of carbonyl (C=O) groups excluding carboxylic acids is 1. The second-order valence-corrected chi connectivity index (χ2v) is 6.64. The van der Waals surface area contributed by atoms with Gasteiger partial charge in [-0.15, -0.1) is 5.10 Å². The highest BCUT2D eigenvalue weighted by Gasteiger charge is 2.19. The highest BCUT2D eigenvalue weighted by Crippen LogP contribution is 2.16. The summed E-state index contributed by atoms with van der Waals surface area (Å²) in [5, 5.41) is 8.06. The summed E-state index contributed by atoms with van der Waals surface area (Å²) >= 11 is 0. The summed E-state index contributed by atoms with van der Waals surface area (Å²) in [5.74, 6) is -0.0981. The van der Waals surface area contributed by atoms with Crippen LogP contribution in [0.1, 0.15) is 41.7 Å². The first-order chi connectivity index (χ1) is 12.7. The van der Waals surface area contributed by atoms with Crippen molar-refractivity contribution in [1.29, 1.82) is 0 Å². The Hall–Kier alpha value is -2.47. The quantitative estimate of drug-likeness (QED) is 0.767. The van der Waals surface area contributed by atoms with Crippen LogP contribution in [-0.2, 0) is 11.3 Å². The summed E-state index contributed by atoms with van der Waals surface area (Å²) in [6, 6.07) is 10.1. The normalized spacial score (nSPS) is 17.5. The molecular weight excluding hydrogens is 328 g/mol. The van der Waals surface area contributed by atoms with E-state index in [9.17, 15) is 4.79 Å². The fourth-order valence-corrected chi connectivity index (χ4v) is 3.02. The molecule has 0 saturated carbocycles. The Kier molecular flexibility index (Phi) is 6.55. The van der Waals surface area contributed by atoms with Crippen LogP contribution in [-0.4, -0.2) is 52.1 Å². The molecule has 0 spiro atoms. The SMILES string of the molecule is CN(CCC1CCCCO1)C(=O)c1cn(C/C=C/c2ccccc2)nn1. The fraction of sp³-hybridized carbons (Fsp3) is 0.450. The van der Waals surface area contributed by atoms with Crippen molar-refractivity contribution in [3.63, 3.8) is 0 Å². The number of carbonyl (C=O) groups is 1. The lowest BCUT2D eigenvalue weighted by atomic mass is 10.1. The summed E-state index contributed by atoms with van der Waals surface area (Å²) in [7, 11) is 1.81. The van der Waals surface area contributed by atoms with E-state index in [2.05, 4.69) is 10.3 Å². The van der Waals surface area contributed by atoms with Gasteiger partial charge in [0.1, 0.15) is 0 Å². The Morgan fingerprint density at radius 2 is 2.19 bits per heavy atom. The lowest BCUT2D eigenvalue weighted by molar-refractivity contribution is 0.00705. The number of rotatable bonds is 7. The molecular formula is C20H26N4O2. The monoisotopic (exact) mass is 354 g/mol. The number of hydrogen-bond donors (Lipinski definition) is 0. The molecule has 1 atom stereocenters. The van der Waals surface area contributed by atoms with Gasteiger partial charge in [-0.3, -0.25) is 4.79 Å². The molecule has 2 aromatic rings. The molecule has 0 N–H and O–H groups in total. The summed E-state index contributed by atoms with van der Waals surface area (Å²) in [5.41, 5.74) is 1.51. The smallest absolute Gasteiger partial charge is 0.275 e. The molecule has 138 valence electrons. The predicted molar refractivity (Wildman–Crippen MR) is 101 cm³/mol. The van der Waals surface area contributed by atoms with E-state index in [0.29, 0.717) is 18.8 Å². The molecule has 1 aromatic carbocycles. The van der Waals surface area contributed by atoms with Crippen LogP contribution >= 0.6 is 0 Å². The number of aromatic nitrogens is 3. The van der Waals surface area contributed by atoms with E-state index in [4.69, 9.17) is 4.74 Å². The van der Waals surface area contributed by atoms with Crippen molar-refractivity contribution in [1.82, 2.24) is 19.9 Å². The third kappa shape index (κ3) is 5.26. The van der Waals surface area contributed by atoms with Gasteiger partial charge < -0.3 is 9.64 Å². The Morgan fingerprint density at radius 3 is 2.96 bits per heavy atom. The number of amides is 1. The van der Waals surface area contributed by atoms with Gasteiger partial charge in [0.2, 0.25) is 0 Å². The van der Waals surface area contributed by atoms with Crippen molar-refractivity contribution in [2.75, 3.05) is 20.2 Å². The molecule has 0 bridgehead atoms. The zero-order valence-corrected chi connectivity index (χ0v) is 15.3. The van der Waals surface area contributed by atoms with E-state index < -0.39 is 0 Å². The maximum absolute atomic E-state index is 12.5. The molecule has 1 amide bonds. The Morgan fingerprint density at radius 1 is 1.35 bits per heavy atom. The van der Waals surface area contributed by atoms with Crippen molar-refractivity contribution in [3.8, 4) is 0 Å². The fourth-order valence-electron chi connectivity index (χ4n) is 3.02. The minimum Gasteiger partial charge on any atom is -0.378 e. The lowest BCUT2D eigenvalue weighted by Gasteiger charge is -2.24. The molecule has 0 radical (unpaired) electrons. The minimum absolute atomic E-state index is 0.0981. The maximum atomic E-state index is 12.5. The largest absolute Gasteiger partial charge is 0.378 e. The molecule has 1 aliphatic heterocycles. The van der Waals surface area contributed by atoms with Gasteiger partial charge >= 0.3 is 0 Å². The van der Waals surface area contributed by atoms with Gasteiger partial charge in [-0.1, -0.05) is 47.7 Å². The molecule has 1 unspecified atom stereocenters. The van der Waals surface area contributed by atoms with Crippen LogP contribution in [0.5, 0.6) is 0 Å². The first kappa shape index (κ1) is 18.3. The topological polar surface area (TPSA) is 60.2 Å².